The molecule has 0 saturated carbocycles. The molecule has 0 bridgehead atoms. The zero-order chi connectivity index (χ0) is 16.5. The number of aromatic nitrogens is 4. The van der Waals surface area contributed by atoms with E-state index < -0.39 is 0 Å². The molecule has 1 fully saturated rings. The summed E-state index contributed by atoms with van der Waals surface area (Å²) in [6, 6.07) is 7.88. The Morgan fingerprint density at radius 3 is 2.80 bits per heavy atom. The highest BCUT2D eigenvalue weighted by Gasteiger charge is 2.24. The second-order valence-electron chi connectivity index (χ2n) is 5.85. The van der Waals surface area contributed by atoms with Gasteiger partial charge < -0.3 is 10.2 Å². The van der Waals surface area contributed by atoms with Crippen LogP contribution in [0, 0.1) is 6.92 Å². The molecule has 25 heavy (non-hydrogen) atoms. The molecule has 1 aliphatic rings. The van der Waals surface area contributed by atoms with Crippen LogP contribution >= 0.6 is 12.4 Å². The molecule has 130 valence electrons. The first-order valence-electron chi connectivity index (χ1n) is 8.01. The minimum atomic E-state index is -0.0536. The van der Waals surface area contributed by atoms with E-state index in [9.17, 15) is 4.79 Å². The standard InChI is InChI=1S/C17H18N6O.ClH/c1-12-16(17(24)22-9-7-18-8-10-22)20-21-23(12)15-4-2-3-13-11-19-6-5-14(13)15;/h2-6,11,18H,7-10H2,1H3;1H. The Balaban J connectivity index is 0.00000182. The number of benzene rings is 1. The number of fused-ring (bicyclic) bond motifs is 1. The zero-order valence-corrected chi connectivity index (χ0v) is 14.7. The van der Waals surface area contributed by atoms with Gasteiger partial charge in [-0.05, 0) is 19.1 Å². The Labute approximate surface area is 151 Å². The maximum absolute atomic E-state index is 12.7. The second kappa shape index (κ2) is 7.16. The number of carbonyl (C=O) groups is 1. The molecular weight excluding hydrogens is 340 g/mol. The second-order valence-corrected chi connectivity index (χ2v) is 5.85. The summed E-state index contributed by atoms with van der Waals surface area (Å²) >= 11 is 0. The summed E-state index contributed by atoms with van der Waals surface area (Å²) in [5, 5.41) is 13.7. The number of carbonyl (C=O) groups excluding carboxylic acids is 1. The number of nitrogens with zero attached hydrogens (tertiary/aromatic N) is 5. The van der Waals surface area contributed by atoms with Crippen molar-refractivity contribution in [2.45, 2.75) is 6.92 Å². The van der Waals surface area contributed by atoms with Crippen LogP contribution in [0.25, 0.3) is 16.5 Å². The van der Waals surface area contributed by atoms with Crippen LogP contribution in [0.1, 0.15) is 16.2 Å². The highest BCUT2D eigenvalue weighted by atomic mass is 35.5. The molecule has 1 aromatic carbocycles. The van der Waals surface area contributed by atoms with Gasteiger partial charge in [0.25, 0.3) is 5.91 Å². The van der Waals surface area contributed by atoms with Gasteiger partial charge in [0.15, 0.2) is 5.69 Å². The largest absolute Gasteiger partial charge is 0.335 e. The van der Waals surface area contributed by atoms with Crippen molar-refractivity contribution in [2.24, 2.45) is 0 Å². The topological polar surface area (TPSA) is 75.9 Å². The van der Waals surface area contributed by atoms with Gasteiger partial charge in [-0.25, -0.2) is 4.68 Å². The molecule has 1 amide bonds. The lowest BCUT2D eigenvalue weighted by molar-refractivity contribution is 0.0729. The predicted molar refractivity (Wildman–Crippen MR) is 97.4 cm³/mol. The SMILES string of the molecule is Cc1c(C(=O)N2CCNCC2)nnn1-c1cccc2cnccc12.Cl. The van der Waals surface area contributed by atoms with Gasteiger partial charge >= 0.3 is 0 Å². The van der Waals surface area contributed by atoms with Gasteiger partial charge in [0.1, 0.15) is 0 Å². The maximum atomic E-state index is 12.7. The normalized spacial score (nSPS) is 14.4. The van der Waals surface area contributed by atoms with Gasteiger partial charge in [0, 0.05) is 49.3 Å². The van der Waals surface area contributed by atoms with Crippen LogP contribution in [-0.2, 0) is 0 Å². The molecule has 3 aromatic rings. The number of hydrogen-bond donors (Lipinski definition) is 1. The lowest BCUT2D eigenvalue weighted by Gasteiger charge is -2.26. The molecular formula is C17H19ClN6O. The summed E-state index contributed by atoms with van der Waals surface area (Å²) in [4.78, 5) is 18.7. The van der Waals surface area contributed by atoms with E-state index >= 15 is 0 Å². The quantitative estimate of drug-likeness (QED) is 0.753. The molecule has 0 radical (unpaired) electrons. The smallest absolute Gasteiger partial charge is 0.276 e. The van der Waals surface area contributed by atoms with Crippen molar-refractivity contribution in [1.29, 1.82) is 0 Å². The molecule has 4 rings (SSSR count). The summed E-state index contributed by atoms with van der Waals surface area (Å²) in [5.41, 5.74) is 2.07. The third-order valence-electron chi connectivity index (χ3n) is 4.39. The molecule has 0 unspecified atom stereocenters. The fraction of sp³-hybridized carbons (Fsp3) is 0.294. The van der Waals surface area contributed by atoms with Crippen molar-refractivity contribution in [1.82, 2.24) is 30.2 Å². The Bertz CT molecular complexity index is 898. The summed E-state index contributed by atoms with van der Waals surface area (Å²) in [6.07, 6.45) is 3.57. The number of amides is 1. The third kappa shape index (κ3) is 3.08. The monoisotopic (exact) mass is 358 g/mol. The van der Waals surface area contributed by atoms with Crippen LogP contribution in [0.3, 0.4) is 0 Å². The molecule has 1 N–H and O–H groups in total. The molecule has 1 aliphatic heterocycles. The highest BCUT2D eigenvalue weighted by Crippen LogP contribution is 2.22. The first-order chi connectivity index (χ1) is 11.8. The molecule has 0 spiro atoms. The van der Waals surface area contributed by atoms with Gasteiger partial charge in [0.2, 0.25) is 0 Å². The average Bonchev–Trinajstić information content (AvgIpc) is 3.02. The van der Waals surface area contributed by atoms with Crippen LogP contribution in [0.2, 0.25) is 0 Å². The van der Waals surface area contributed by atoms with Crippen LogP contribution in [0.15, 0.2) is 36.7 Å². The fourth-order valence-electron chi connectivity index (χ4n) is 3.06. The molecule has 7 nitrogen and oxygen atoms in total. The zero-order valence-electron chi connectivity index (χ0n) is 13.8. The first-order valence-corrected chi connectivity index (χ1v) is 8.01. The molecule has 2 aromatic heterocycles. The lowest BCUT2D eigenvalue weighted by Crippen LogP contribution is -2.46. The van der Waals surface area contributed by atoms with E-state index in [0.717, 1.165) is 35.2 Å². The van der Waals surface area contributed by atoms with Crippen LogP contribution in [0.4, 0.5) is 0 Å². The van der Waals surface area contributed by atoms with E-state index in [2.05, 4.69) is 20.6 Å². The van der Waals surface area contributed by atoms with E-state index in [4.69, 9.17) is 0 Å². The van der Waals surface area contributed by atoms with E-state index in [1.54, 1.807) is 10.9 Å². The molecule has 0 aliphatic carbocycles. The Hall–Kier alpha value is -2.51. The Morgan fingerprint density at radius 2 is 2.00 bits per heavy atom. The first kappa shape index (κ1) is 17.3. The number of nitrogens with one attached hydrogen (secondary N) is 1. The summed E-state index contributed by atoms with van der Waals surface area (Å²) in [5.74, 6) is -0.0536. The number of piperazine rings is 1. The number of halogens is 1. The Morgan fingerprint density at radius 1 is 1.20 bits per heavy atom. The molecule has 1 saturated heterocycles. The maximum Gasteiger partial charge on any atom is 0.276 e. The minimum absolute atomic E-state index is 0. The third-order valence-corrected chi connectivity index (χ3v) is 4.39. The predicted octanol–water partition coefficient (Wildman–Crippen LogP) is 1.59. The van der Waals surface area contributed by atoms with Gasteiger partial charge in [-0.2, -0.15) is 0 Å². The van der Waals surface area contributed by atoms with Gasteiger partial charge in [0.05, 0.1) is 11.4 Å². The van der Waals surface area contributed by atoms with Crippen molar-refractivity contribution in [3.05, 3.63) is 48.0 Å². The van der Waals surface area contributed by atoms with Crippen molar-refractivity contribution in [3.63, 3.8) is 0 Å². The van der Waals surface area contributed by atoms with E-state index in [0.29, 0.717) is 18.8 Å². The van der Waals surface area contributed by atoms with Crippen LogP contribution in [-0.4, -0.2) is 57.0 Å². The van der Waals surface area contributed by atoms with E-state index in [-0.39, 0.29) is 18.3 Å². The summed E-state index contributed by atoms with van der Waals surface area (Å²) in [6.45, 7) is 4.91. The van der Waals surface area contributed by atoms with Crippen molar-refractivity contribution < 1.29 is 4.79 Å². The van der Waals surface area contributed by atoms with Crippen molar-refractivity contribution in [3.8, 4) is 5.69 Å². The summed E-state index contributed by atoms with van der Waals surface area (Å²) in [7, 11) is 0. The lowest BCUT2D eigenvalue weighted by atomic mass is 10.1. The van der Waals surface area contributed by atoms with Crippen molar-refractivity contribution in [2.75, 3.05) is 26.2 Å². The van der Waals surface area contributed by atoms with Crippen LogP contribution in [0.5, 0.6) is 0 Å². The van der Waals surface area contributed by atoms with Gasteiger partial charge in [-0.1, -0.05) is 17.3 Å². The van der Waals surface area contributed by atoms with E-state index in [1.165, 1.54) is 0 Å². The van der Waals surface area contributed by atoms with Crippen molar-refractivity contribution >= 4 is 29.1 Å². The number of hydrogen-bond acceptors (Lipinski definition) is 5. The van der Waals surface area contributed by atoms with E-state index in [1.807, 2.05) is 42.3 Å². The fourth-order valence-corrected chi connectivity index (χ4v) is 3.06. The molecule has 3 heterocycles. The van der Waals surface area contributed by atoms with Gasteiger partial charge in [-0.3, -0.25) is 9.78 Å². The average molecular weight is 359 g/mol. The number of rotatable bonds is 2. The number of pyridine rings is 1. The molecule has 0 atom stereocenters. The summed E-state index contributed by atoms with van der Waals surface area (Å²) < 4.78 is 1.73. The minimum Gasteiger partial charge on any atom is -0.335 e. The molecule has 8 heteroatoms. The van der Waals surface area contributed by atoms with Crippen LogP contribution < -0.4 is 5.32 Å². The Kier molecular flexibility index (Phi) is 4.96. The van der Waals surface area contributed by atoms with Gasteiger partial charge in [-0.15, -0.1) is 17.5 Å². The highest BCUT2D eigenvalue weighted by molar-refractivity contribution is 5.94.